The van der Waals surface area contributed by atoms with E-state index in [0.29, 0.717) is 37.2 Å². The highest BCUT2D eigenvalue weighted by atomic mass is 16.5. The summed E-state index contributed by atoms with van der Waals surface area (Å²) < 4.78 is 6.21. The van der Waals surface area contributed by atoms with Crippen molar-refractivity contribution >= 4 is 0 Å². The lowest BCUT2D eigenvalue weighted by molar-refractivity contribution is 0.0917. The Morgan fingerprint density at radius 3 is 2.46 bits per heavy atom. The number of fused-ring (bicyclic) bond motifs is 1. The van der Waals surface area contributed by atoms with E-state index in [0.717, 1.165) is 27.8 Å². The molecule has 1 unspecified atom stereocenters. The van der Waals surface area contributed by atoms with E-state index in [1.165, 1.54) is 12.1 Å². The number of aryl methyl sites for hydroxylation is 1. The number of aromatic hydroxyl groups is 3. The zero-order valence-corrected chi connectivity index (χ0v) is 15.3. The van der Waals surface area contributed by atoms with E-state index in [-0.39, 0.29) is 11.5 Å². The highest BCUT2D eigenvalue weighted by molar-refractivity contribution is 5.58. The molecular weight excluding hydrogens is 330 g/mol. The third-order valence-corrected chi connectivity index (χ3v) is 5.48. The summed E-state index contributed by atoms with van der Waals surface area (Å²) in [6.07, 6.45) is 2.24. The molecule has 0 spiro atoms. The average Bonchev–Trinajstić information content (AvgIpc) is 2.65. The maximum absolute atomic E-state index is 10.3. The average molecular weight is 353 g/mol. The SMILES string of the molecule is Cc1c(C)c2c(c(C)c1O)CCC(C#N)(CCc1ccc(O)c(O)c1)O2. The van der Waals surface area contributed by atoms with Gasteiger partial charge in [-0.2, -0.15) is 5.26 Å². The zero-order valence-electron chi connectivity index (χ0n) is 15.3. The Bertz CT molecular complexity index is 913. The summed E-state index contributed by atoms with van der Waals surface area (Å²) in [6.45, 7) is 5.63. The molecule has 0 aliphatic carbocycles. The molecule has 0 amide bonds. The maximum Gasteiger partial charge on any atom is 0.194 e. The molecule has 2 aromatic carbocycles. The predicted octanol–water partition coefficient (Wildman–Crippen LogP) is 3.95. The van der Waals surface area contributed by atoms with Gasteiger partial charge in [0.1, 0.15) is 17.6 Å². The number of nitriles is 1. The van der Waals surface area contributed by atoms with E-state index in [2.05, 4.69) is 6.07 Å². The number of hydrogen-bond donors (Lipinski definition) is 3. The van der Waals surface area contributed by atoms with Crippen molar-refractivity contribution < 1.29 is 20.1 Å². The zero-order chi connectivity index (χ0) is 19.1. The molecule has 1 heterocycles. The van der Waals surface area contributed by atoms with Gasteiger partial charge in [-0.15, -0.1) is 0 Å². The fourth-order valence-corrected chi connectivity index (χ4v) is 3.56. The molecule has 5 heteroatoms. The Morgan fingerprint density at radius 1 is 1.08 bits per heavy atom. The fraction of sp³-hybridized carbons (Fsp3) is 0.381. The molecule has 0 fully saturated rings. The smallest absolute Gasteiger partial charge is 0.194 e. The van der Waals surface area contributed by atoms with Crippen LogP contribution in [0.4, 0.5) is 0 Å². The van der Waals surface area contributed by atoms with Crippen molar-refractivity contribution in [2.24, 2.45) is 0 Å². The van der Waals surface area contributed by atoms with Gasteiger partial charge in [0.25, 0.3) is 0 Å². The fourth-order valence-electron chi connectivity index (χ4n) is 3.56. The van der Waals surface area contributed by atoms with Gasteiger partial charge in [0, 0.05) is 18.4 Å². The van der Waals surface area contributed by atoms with Crippen LogP contribution < -0.4 is 4.74 Å². The lowest BCUT2D eigenvalue weighted by atomic mass is 9.84. The minimum absolute atomic E-state index is 0.159. The van der Waals surface area contributed by atoms with Gasteiger partial charge in [0.05, 0.1) is 0 Å². The van der Waals surface area contributed by atoms with Crippen molar-refractivity contribution in [1.29, 1.82) is 5.26 Å². The van der Waals surface area contributed by atoms with E-state index in [4.69, 9.17) is 4.74 Å². The number of rotatable bonds is 3. The standard InChI is InChI=1S/C21H23NO4/c1-12-13(2)20-16(14(3)19(12)25)7-9-21(11-22,26-20)8-6-15-4-5-17(23)18(24)10-15/h4-5,10,23-25H,6-9H2,1-3H3. The third-order valence-electron chi connectivity index (χ3n) is 5.48. The van der Waals surface area contributed by atoms with Gasteiger partial charge < -0.3 is 20.1 Å². The predicted molar refractivity (Wildman–Crippen MR) is 97.7 cm³/mol. The van der Waals surface area contributed by atoms with Crippen LogP contribution in [0.25, 0.3) is 0 Å². The lowest BCUT2D eigenvalue weighted by Crippen LogP contribution is -2.39. The largest absolute Gasteiger partial charge is 0.507 e. The molecule has 3 N–H and O–H groups in total. The molecule has 0 radical (unpaired) electrons. The van der Waals surface area contributed by atoms with E-state index in [1.807, 2.05) is 20.8 Å². The molecule has 0 aromatic heterocycles. The van der Waals surface area contributed by atoms with Crippen LogP contribution in [0.15, 0.2) is 18.2 Å². The first-order chi connectivity index (χ1) is 12.3. The summed E-state index contributed by atoms with van der Waals surface area (Å²) in [5, 5.41) is 39.1. The Hall–Kier alpha value is -2.87. The molecule has 5 nitrogen and oxygen atoms in total. The van der Waals surface area contributed by atoms with E-state index < -0.39 is 5.60 Å². The number of benzene rings is 2. The van der Waals surface area contributed by atoms with Crippen LogP contribution in [0, 0.1) is 32.1 Å². The van der Waals surface area contributed by atoms with Crippen LogP contribution in [0.3, 0.4) is 0 Å². The van der Waals surface area contributed by atoms with Crippen LogP contribution in [0.2, 0.25) is 0 Å². The molecule has 1 atom stereocenters. The highest BCUT2D eigenvalue weighted by Crippen LogP contribution is 2.44. The molecule has 0 saturated carbocycles. The van der Waals surface area contributed by atoms with Gasteiger partial charge in [-0.05, 0) is 68.0 Å². The summed E-state index contributed by atoms with van der Waals surface area (Å²) in [6, 6.07) is 7.02. The molecule has 1 aliphatic rings. The second-order valence-corrected chi connectivity index (χ2v) is 7.06. The number of nitrogens with zero attached hydrogens (tertiary/aromatic N) is 1. The summed E-state index contributed by atoms with van der Waals surface area (Å²) in [5.41, 5.74) is 3.32. The second-order valence-electron chi connectivity index (χ2n) is 7.06. The summed E-state index contributed by atoms with van der Waals surface area (Å²) in [4.78, 5) is 0. The Kier molecular flexibility index (Phi) is 4.45. The van der Waals surface area contributed by atoms with Crippen LogP contribution >= 0.6 is 0 Å². The minimum atomic E-state index is -0.943. The van der Waals surface area contributed by atoms with Gasteiger partial charge >= 0.3 is 0 Å². The van der Waals surface area contributed by atoms with Crippen LogP contribution in [0.1, 0.15) is 40.7 Å². The summed E-state index contributed by atoms with van der Waals surface area (Å²) in [5.74, 6) is 0.682. The van der Waals surface area contributed by atoms with Crippen LogP contribution in [-0.2, 0) is 12.8 Å². The lowest BCUT2D eigenvalue weighted by Gasteiger charge is -2.35. The Balaban J connectivity index is 1.88. The van der Waals surface area contributed by atoms with Gasteiger partial charge in [-0.3, -0.25) is 0 Å². The van der Waals surface area contributed by atoms with Crippen LogP contribution in [0.5, 0.6) is 23.0 Å². The van der Waals surface area contributed by atoms with Crippen LogP contribution in [-0.4, -0.2) is 20.9 Å². The van der Waals surface area contributed by atoms with E-state index in [9.17, 15) is 20.6 Å². The third kappa shape index (κ3) is 2.92. The Labute approximate surface area is 153 Å². The van der Waals surface area contributed by atoms with E-state index in [1.54, 1.807) is 6.07 Å². The summed E-state index contributed by atoms with van der Waals surface area (Å²) in [7, 11) is 0. The number of hydrogen-bond acceptors (Lipinski definition) is 5. The summed E-state index contributed by atoms with van der Waals surface area (Å²) >= 11 is 0. The number of ether oxygens (including phenoxy) is 1. The van der Waals surface area contributed by atoms with Crippen molar-refractivity contribution in [3.63, 3.8) is 0 Å². The molecule has 0 saturated heterocycles. The monoisotopic (exact) mass is 353 g/mol. The minimum Gasteiger partial charge on any atom is -0.507 e. The molecule has 0 bridgehead atoms. The van der Waals surface area contributed by atoms with Crippen molar-refractivity contribution in [2.75, 3.05) is 0 Å². The van der Waals surface area contributed by atoms with Crippen molar-refractivity contribution in [3.05, 3.63) is 46.0 Å². The molecular formula is C21H23NO4. The topological polar surface area (TPSA) is 93.7 Å². The van der Waals surface area contributed by atoms with Crippen molar-refractivity contribution in [3.8, 4) is 29.1 Å². The van der Waals surface area contributed by atoms with Gasteiger partial charge in [0.2, 0.25) is 0 Å². The quantitative estimate of drug-likeness (QED) is 0.727. The molecule has 26 heavy (non-hydrogen) atoms. The molecule has 1 aliphatic heterocycles. The van der Waals surface area contributed by atoms with Crippen molar-refractivity contribution in [1.82, 2.24) is 0 Å². The maximum atomic E-state index is 10.3. The first-order valence-corrected chi connectivity index (χ1v) is 8.70. The Morgan fingerprint density at radius 2 is 1.81 bits per heavy atom. The second kappa shape index (κ2) is 6.45. The normalized spacial score (nSPS) is 18.7. The highest BCUT2D eigenvalue weighted by Gasteiger charge is 2.38. The van der Waals surface area contributed by atoms with Gasteiger partial charge in [-0.25, -0.2) is 0 Å². The van der Waals surface area contributed by atoms with E-state index >= 15 is 0 Å². The molecule has 2 aromatic rings. The molecule has 136 valence electrons. The van der Waals surface area contributed by atoms with Gasteiger partial charge in [0.15, 0.2) is 17.1 Å². The number of phenolic OH excluding ortho intramolecular Hbond substituents is 3. The molecule has 3 rings (SSSR count). The first kappa shape index (κ1) is 17.9. The van der Waals surface area contributed by atoms with Crippen molar-refractivity contribution in [2.45, 2.75) is 52.1 Å². The first-order valence-electron chi connectivity index (χ1n) is 8.70. The number of phenols is 3. The van der Waals surface area contributed by atoms with Gasteiger partial charge in [-0.1, -0.05) is 6.07 Å².